The van der Waals surface area contributed by atoms with E-state index in [2.05, 4.69) is 0 Å². The number of rotatable bonds is 6. The van der Waals surface area contributed by atoms with Crippen molar-refractivity contribution in [2.45, 2.75) is 38.0 Å². The number of hydrogen-bond donors (Lipinski definition) is 1. The number of aryl methyl sites for hydroxylation is 1. The van der Waals surface area contributed by atoms with Crippen molar-refractivity contribution in [2.24, 2.45) is 0 Å². The lowest BCUT2D eigenvalue weighted by Crippen LogP contribution is -2.32. The van der Waals surface area contributed by atoms with Gasteiger partial charge in [-0.2, -0.15) is 0 Å². The van der Waals surface area contributed by atoms with Crippen LogP contribution < -0.4 is 9.62 Å². The molecule has 0 bridgehead atoms. The van der Waals surface area contributed by atoms with Gasteiger partial charge in [0.15, 0.2) is 0 Å². The first kappa shape index (κ1) is 24.8. The van der Waals surface area contributed by atoms with Crippen molar-refractivity contribution in [2.75, 3.05) is 11.9 Å². The summed E-state index contributed by atoms with van der Waals surface area (Å²) in [5.41, 5.74) is 1.81. The van der Waals surface area contributed by atoms with E-state index >= 15 is 0 Å². The molecule has 0 fully saturated rings. The molecule has 1 aromatic heterocycles. The third kappa shape index (κ3) is 5.23. The van der Waals surface area contributed by atoms with Gasteiger partial charge in [-0.05, 0) is 36.8 Å². The number of amides is 1. The fourth-order valence-corrected chi connectivity index (χ4v) is 4.36. The number of hydrogen-bond acceptors (Lipinski definition) is 7. The highest BCUT2D eigenvalue weighted by atomic mass is 32.2. The Hall–Kier alpha value is -3.79. The van der Waals surface area contributed by atoms with Gasteiger partial charge < -0.3 is 4.90 Å². The second-order valence-corrected chi connectivity index (χ2v) is 10.5. The first-order valence-electron chi connectivity index (χ1n) is 10.4. The fourth-order valence-electron chi connectivity index (χ4n) is 3.35. The molecule has 0 saturated heterocycles. The van der Waals surface area contributed by atoms with Crippen LogP contribution in [0.2, 0.25) is 0 Å². The minimum atomic E-state index is -4.37. The topological polar surface area (TPSA) is 123 Å². The number of para-hydroxylation sites is 1. The van der Waals surface area contributed by atoms with Gasteiger partial charge in [0.1, 0.15) is 5.82 Å². The Morgan fingerprint density at radius 3 is 2.35 bits per heavy atom. The van der Waals surface area contributed by atoms with Crippen LogP contribution >= 0.6 is 0 Å². The smallest absolute Gasteiger partial charge is 0.270 e. The highest BCUT2D eigenvalue weighted by Crippen LogP contribution is 2.31. The normalized spacial score (nSPS) is 11.7. The van der Waals surface area contributed by atoms with E-state index in [9.17, 15) is 23.3 Å². The summed E-state index contributed by atoms with van der Waals surface area (Å²) in [7, 11) is -2.61. The molecule has 1 heterocycles. The number of nitro benzene ring substituents is 1. The maximum Gasteiger partial charge on any atom is 0.270 e. The van der Waals surface area contributed by atoms with Crippen molar-refractivity contribution in [1.82, 2.24) is 9.71 Å². The Kier molecular flexibility index (Phi) is 6.74. The number of carbonyl (C=O) groups excluding carboxylic acids is 1. The van der Waals surface area contributed by atoms with Gasteiger partial charge in [0, 0.05) is 36.0 Å². The van der Waals surface area contributed by atoms with Gasteiger partial charge in [-0.25, -0.2) is 18.1 Å². The Bertz CT molecular complexity index is 1360. The standard InChI is InChI=1S/C24H26N4O5S/c1-16-9-6-7-12-20(16)27(5)22-19(13-14-21(25-22)24(2,3)4)23(29)26-34(32,33)18-11-8-10-17(15-18)28(30)31/h6-15H,1-5H3,(H,26,29). The summed E-state index contributed by atoms with van der Waals surface area (Å²) in [5, 5.41) is 11.0. The molecule has 0 spiro atoms. The number of benzene rings is 2. The van der Waals surface area contributed by atoms with Crippen LogP contribution in [0.3, 0.4) is 0 Å². The monoisotopic (exact) mass is 482 g/mol. The van der Waals surface area contributed by atoms with Gasteiger partial charge in [0.2, 0.25) is 0 Å². The largest absolute Gasteiger partial charge is 0.329 e. The number of anilines is 2. The molecule has 1 amide bonds. The van der Waals surface area contributed by atoms with Crippen LogP contribution in [-0.2, 0) is 15.4 Å². The van der Waals surface area contributed by atoms with Gasteiger partial charge in [0.05, 0.1) is 15.4 Å². The van der Waals surface area contributed by atoms with Crippen LogP contribution in [0.1, 0.15) is 42.4 Å². The first-order chi connectivity index (χ1) is 15.8. The summed E-state index contributed by atoms with van der Waals surface area (Å²) in [6.45, 7) is 7.88. The van der Waals surface area contributed by atoms with Crippen molar-refractivity contribution in [3.8, 4) is 0 Å². The van der Waals surface area contributed by atoms with Crippen molar-refractivity contribution in [3.63, 3.8) is 0 Å². The number of sulfonamides is 1. The van der Waals surface area contributed by atoms with Gasteiger partial charge >= 0.3 is 0 Å². The van der Waals surface area contributed by atoms with Gasteiger partial charge in [0.25, 0.3) is 21.6 Å². The molecule has 1 N–H and O–H groups in total. The molecule has 178 valence electrons. The second-order valence-electron chi connectivity index (χ2n) is 8.85. The lowest BCUT2D eigenvalue weighted by molar-refractivity contribution is -0.385. The lowest BCUT2D eigenvalue weighted by atomic mass is 9.91. The Balaban J connectivity index is 2.06. The highest BCUT2D eigenvalue weighted by molar-refractivity contribution is 7.90. The first-order valence-corrected chi connectivity index (χ1v) is 11.9. The number of nitrogens with zero attached hydrogens (tertiary/aromatic N) is 3. The molecule has 0 aliphatic heterocycles. The molecule has 34 heavy (non-hydrogen) atoms. The zero-order chi connectivity index (χ0) is 25.3. The molecule has 0 saturated carbocycles. The van der Waals surface area contributed by atoms with Crippen LogP contribution in [0.15, 0.2) is 65.6 Å². The molecule has 0 aliphatic rings. The van der Waals surface area contributed by atoms with E-state index in [4.69, 9.17) is 4.98 Å². The third-order valence-electron chi connectivity index (χ3n) is 5.25. The summed E-state index contributed by atoms with van der Waals surface area (Å²) in [5.74, 6) is -0.608. The maximum absolute atomic E-state index is 13.2. The Labute approximate surface area is 198 Å². The second kappa shape index (κ2) is 9.22. The number of pyridine rings is 1. The number of non-ortho nitro benzene ring substituents is 1. The molecule has 3 rings (SSSR count). The number of carbonyl (C=O) groups is 1. The highest BCUT2D eigenvalue weighted by Gasteiger charge is 2.26. The van der Waals surface area contributed by atoms with Gasteiger partial charge in [-0.1, -0.05) is 45.0 Å². The summed E-state index contributed by atoms with van der Waals surface area (Å²) in [4.78, 5) is 29.5. The Morgan fingerprint density at radius 1 is 1.06 bits per heavy atom. The summed E-state index contributed by atoms with van der Waals surface area (Å²) in [6, 6.07) is 15.3. The van der Waals surface area contributed by atoms with E-state index in [1.165, 1.54) is 24.3 Å². The summed E-state index contributed by atoms with van der Waals surface area (Å²) >= 11 is 0. The van der Waals surface area contributed by atoms with Crippen molar-refractivity contribution >= 4 is 33.1 Å². The maximum atomic E-state index is 13.2. The molecule has 0 unspecified atom stereocenters. The Morgan fingerprint density at radius 2 is 1.74 bits per heavy atom. The number of aromatic nitrogens is 1. The minimum Gasteiger partial charge on any atom is -0.329 e. The van der Waals surface area contributed by atoms with E-state index in [1.54, 1.807) is 18.0 Å². The van der Waals surface area contributed by atoms with E-state index in [0.29, 0.717) is 0 Å². The quantitative estimate of drug-likeness (QED) is 0.406. The van der Waals surface area contributed by atoms with E-state index in [1.807, 2.05) is 56.7 Å². The SMILES string of the molecule is Cc1ccccc1N(C)c1nc(C(C)(C)C)ccc1C(=O)NS(=O)(=O)c1cccc([N+](=O)[O-])c1. The predicted octanol–water partition coefficient (Wildman–Crippen LogP) is 4.48. The zero-order valence-corrected chi connectivity index (χ0v) is 20.4. The van der Waals surface area contributed by atoms with E-state index in [-0.39, 0.29) is 21.7 Å². The third-order valence-corrected chi connectivity index (χ3v) is 6.58. The number of nitrogens with one attached hydrogen (secondary N) is 1. The molecule has 0 aliphatic carbocycles. The molecule has 0 radical (unpaired) electrons. The van der Waals surface area contributed by atoms with E-state index < -0.39 is 26.5 Å². The average Bonchev–Trinajstić information content (AvgIpc) is 2.77. The molecule has 3 aromatic rings. The molecule has 0 atom stereocenters. The van der Waals surface area contributed by atoms with Crippen LogP contribution in [0.5, 0.6) is 0 Å². The van der Waals surface area contributed by atoms with Crippen molar-refractivity contribution in [3.05, 3.63) is 87.6 Å². The number of nitro groups is 1. The fraction of sp³-hybridized carbons (Fsp3) is 0.250. The molecular weight excluding hydrogens is 456 g/mol. The molecule has 9 nitrogen and oxygen atoms in total. The van der Waals surface area contributed by atoms with Crippen LogP contribution in [0.4, 0.5) is 17.2 Å². The van der Waals surface area contributed by atoms with Crippen molar-refractivity contribution in [1.29, 1.82) is 0 Å². The lowest BCUT2D eigenvalue weighted by Gasteiger charge is -2.26. The predicted molar refractivity (Wildman–Crippen MR) is 130 cm³/mol. The van der Waals surface area contributed by atoms with E-state index in [0.717, 1.165) is 23.0 Å². The average molecular weight is 483 g/mol. The molecular formula is C24H26N4O5S. The van der Waals surface area contributed by atoms with Crippen LogP contribution in [0, 0.1) is 17.0 Å². The molecule has 2 aromatic carbocycles. The summed E-state index contributed by atoms with van der Waals surface area (Å²) < 4.78 is 27.7. The van der Waals surface area contributed by atoms with Crippen LogP contribution in [0.25, 0.3) is 0 Å². The minimum absolute atomic E-state index is 0.0489. The van der Waals surface area contributed by atoms with Gasteiger partial charge in [-0.3, -0.25) is 14.9 Å². The van der Waals surface area contributed by atoms with Crippen LogP contribution in [-0.4, -0.2) is 31.3 Å². The molecule has 10 heteroatoms. The zero-order valence-electron chi connectivity index (χ0n) is 19.6. The summed E-state index contributed by atoms with van der Waals surface area (Å²) in [6.07, 6.45) is 0. The van der Waals surface area contributed by atoms with Gasteiger partial charge in [-0.15, -0.1) is 0 Å². The van der Waals surface area contributed by atoms with Crippen molar-refractivity contribution < 1.29 is 18.1 Å².